The Morgan fingerprint density at radius 3 is 2.53 bits per heavy atom. The number of hydrogen-bond donors (Lipinski definition) is 1. The first-order valence-corrected chi connectivity index (χ1v) is 9.14. The minimum Gasteiger partial charge on any atom is -0.334 e. The molecule has 0 unspecified atom stereocenters. The third-order valence-corrected chi connectivity index (χ3v) is 4.60. The Morgan fingerprint density at radius 1 is 1.03 bits per heavy atom. The van der Waals surface area contributed by atoms with E-state index in [1.165, 1.54) is 12.1 Å². The number of carbonyl (C=O) groups excluding carboxylic acids is 1. The van der Waals surface area contributed by atoms with E-state index in [0.717, 1.165) is 11.6 Å². The zero-order valence-corrected chi connectivity index (χ0v) is 16.0. The Morgan fingerprint density at radius 2 is 1.77 bits per heavy atom. The fourth-order valence-electron chi connectivity index (χ4n) is 2.81. The van der Waals surface area contributed by atoms with Crippen LogP contribution in [0, 0.1) is 10.1 Å². The van der Waals surface area contributed by atoms with Gasteiger partial charge in [-0.05, 0) is 18.2 Å². The summed E-state index contributed by atoms with van der Waals surface area (Å²) in [4.78, 5) is 27.6. The molecule has 30 heavy (non-hydrogen) atoms. The number of halogens is 1. The summed E-state index contributed by atoms with van der Waals surface area (Å²) in [6, 6.07) is 19.8. The largest absolute Gasteiger partial charge is 0.334 e. The Labute approximate surface area is 175 Å². The zero-order chi connectivity index (χ0) is 21.1. The van der Waals surface area contributed by atoms with Gasteiger partial charge in [0.05, 0.1) is 26.8 Å². The summed E-state index contributed by atoms with van der Waals surface area (Å²) in [7, 11) is 0. The highest BCUT2D eigenvalue weighted by Crippen LogP contribution is 2.30. The second-order valence-corrected chi connectivity index (χ2v) is 6.62. The SMILES string of the molecule is O=C(Nc1ccccc1-c1nc(-c2ccccc2)no1)c1cc([N+](=O)[O-])ccc1Cl. The summed E-state index contributed by atoms with van der Waals surface area (Å²) >= 11 is 6.07. The maximum Gasteiger partial charge on any atom is 0.270 e. The van der Waals surface area contributed by atoms with E-state index in [1.807, 2.05) is 30.3 Å². The summed E-state index contributed by atoms with van der Waals surface area (Å²) in [6.45, 7) is 0. The first-order valence-electron chi connectivity index (χ1n) is 8.77. The van der Waals surface area contributed by atoms with Gasteiger partial charge in [-0.2, -0.15) is 4.98 Å². The van der Waals surface area contributed by atoms with Crippen LogP contribution in [0.2, 0.25) is 5.02 Å². The van der Waals surface area contributed by atoms with Crippen LogP contribution in [0.3, 0.4) is 0 Å². The van der Waals surface area contributed by atoms with Gasteiger partial charge in [0, 0.05) is 17.7 Å². The van der Waals surface area contributed by atoms with E-state index in [-0.39, 0.29) is 22.2 Å². The number of benzene rings is 3. The van der Waals surface area contributed by atoms with Crippen molar-refractivity contribution in [2.45, 2.75) is 0 Å². The normalized spacial score (nSPS) is 10.6. The standard InChI is InChI=1S/C21H13ClN4O4/c22-17-11-10-14(26(28)29)12-16(17)20(27)23-18-9-5-4-8-15(18)21-24-19(25-30-21)13-6-2-1-3-7-13/h1-12H,(H,23,27). The monoisotopic (exact) mass is 420 g/mol. The number of para-hydroxylation sites is 1. The smallest absolute Gasteiger partial charge is 0.270 e. The van der Waals surface area contributed by atoms with Gasteiger partial charge in [-0.3, -0.25) is 14.9 Å². The molecule has 0 saturated carbocycles. The number of rotatable bonds is 5. The summed E-state index contributed by atoms with van der Waals surface area (Å²) in [6.07, 6.45) is 0. The first kappa shape index (κ1) is 19.3. The zero-order valence-electron chi connectivity index (χ0n) is 15.3. The van der Waals surface area contributed by atoms with Gasteiger partial charge in [0.15, 0.2) is 0 Å². The number of nitrogens with zero attached hydrogens (tertiary/aromatic N) is 3. The van der Waals surface area contributed by atoms with Gasteiger partial charge in [0.2, 0.25) is 5.82 Å². The lowest BCUT2D eigenvalue weighted by Gasteiger charge is -2.09. The van der Waals surface area contributed by atoms with Gasteiger partial charge in [-0.25, -0.2) is 0 Å². The van der Waals surface area contributed by atoms with Crippen molar-refractivity contribution in [3.8, 4) is 22.8 Å². The van der Waals surface area contributed by atoms with Crippen LogP contribution in [0.25, 0.3) is 22.8 Å². The average Bonchev–Trinajstić information content (AvgIpc) is 3.25. The van der Waals surface area contributed by atoms with E-state index in [9.17, 15) is 14.9 Å². The maximum absolute atomic E-state index is 12.7. The van der Waals surface area contributed by atoms with Crippen molar-refractivity contribution < 1.29 is 14.2 Å². The highest BCUT2D eigenvalue weighted by atomic mass is 35.5. The van der Waals surface area contributed by atoms with E-state index in [0.29, 0.717) is 17.1 Å². The first-order chi connectivity index (χ1) is 14.5. The number of non-ortho nitro benzene ring substituents is 1. The molecule has 0 fully saturated rings. The molecule has 0 aliphatic rings. The van der Waals surface area contributed by atoms with Gasteiger partial charge in [-0.15, -0.1) is 0 Å². The van der Waals surface area contributed by atoms with Gasteiger partial charge in [-0.1, -0.05) is 59.2 Å². The lowest BCUT2D eigenvalue weighted by atomic mass is 10.1. The van der Waals surface area contributed by atoms with Crippen molar-refractivity contribution >= 4 is 28.9 Å². The van der Waals surface area contributed by atoms with Crippen LogP contribution in [-0.2, 0) is 0 Å². The molecule has 0 radical (unpaired) electrons. The molecular weight excluding hydrogens is 408 g/mol. The minimum atomic E-state index is -0.598. The molecule has 1 amide bonds. The third-order valence-electron chi connectivity index (χ3n) is 4.27. The third kappa shape index (κ3) is 3.89. The van der Waals surface area contributed by atoms with Crippen molar-refractivity contribution in [1.29, 1.82) is 0 Å². The summed E-state index contributed by atoms with van der Waals surface area (Å²) < 4.78 is 5.38. The number of nitro benzene ring substituents is 1. The van der Waals surface area contributed by atoms with Crippen LogP contribution < -0.4 is 5.32 Å². The van der Waals surface area contributed by atoms with Crippen LogP contribution in [0.1, 0.15) is 10.4 Å². The van der Waals surface area contributed by atoms with Crippen molar-refractivity contribution in [2.75, 3.05) is 5.32 Å². The molecular formula is C21H13ClN4O4. The quantitative estimate of drug-likeness (QED) is 0.350. The minimum absolute atomic E-state index is 0.0174. The number of amides is 1. The van der Waals surface area contributed by atoms with Crippen molar-refractivity contribution in [2.24, 2.45) is 0 Å². The van der Waals surface area contributed by atoms with Crippen LogP contribution in [0.15, 0.2) is 77.3 Å². The molecule has 0 spiro atoms. The molecule has 0 bridgehead atoms. The Hall–Kier alpha value is -4.04. The second kappa shape index (κ2) is 8.14. The van der Waals surface area contributed by atoms with E-state index >= 15 is 0 Å². The Kier molecular flexibility index (Phi) is 5.23. The summed E-state index contributed by atoms with van der Waals surface area (Å²) in [5.41, 5.74) is 1.44. The molecule has 1 heterocycles. The molecule has 0 atom stereocenters. The van der Waals surface area contributed by atoms with Crippen LogP contribution in [0.5, 0.6) is 0 Å². The highest BCUT2D eigenvalue weighted by Gasteiger charge is 2.19. The molecule has 8 nitrogen and oxygen atoms in total. The molecule has 1 aromatic heterocycles. The van der Waals surface area contributed by atoms with E-state index in [4.69, 9.17) is 16.1 Å². The number of carbonyl (C=O) groups is 1. The molecule has 0 aliphatic heterocycles. The van der Waals surface area contributed by atoms with E-state index in [1.54, 1.807) is 24.3 Å². The lowest BCUT2D eigenvalue weighted by Crippen LogP contribution is -2.13. The molecule has 3 aromatic carbocycles. The molecule has 0 saturated heterocycles. The van der Waals surface area contributed by atoms with Crippen molar-refractivity contribution in [3.63, 3.8) is 0 Å². The van der Waals surface area contributed by atoms with E-state index in [2.05, 4.69) is 15.5 Å². The fraction of sp³-hybridized carbons (Fsp3) is 0. The van der Waals surface area contributed by atoms with Crippen LogP contribution in [-0.4, -0.2) is 21.0 Å². The number of hydrogen-bond acceptors (Lipinski definition) is 6. The number of aromatic nitrogens is 2. The van der Waals surface area contributed by atoms with E-state index < -0.39 is 10.8 Å². The van der Waals surface area contributed by atoms with Crippen LogP contribution in [0.4, 0.5) is 11.4 Å². The predicted octanol–water partition coefficient (Wildman–Crippen LogP) is 5.22. The summed E-state index contributed by atoms with van der Waals surface area (Å²) in [5.74, 6) is 0.0299. The number of nitrogens with one attached hydrogen (secondary N) is 1. The van der Waals surface area contributed by atoms with Gasteiger partial charge in [0.25, 0.3) is 17.5 Å². The van der Waals surface area contributed by atoms with Crippen molar-refractivity contribution in [3.05, 3.63) is 93.5 Å². The predicted molar refractivity (Wildman–Crippen MR) is 111 cm³/mol. The topological polar surface area (TPSA) is 111 Å². The van der Waals surface area contributed by atoms with Crippen LogP contribution >= 0.6 is 11.6 Å². The molecule has 148 valence electrons. The Bertz CT molecular complexity index is 1240. The summed E-state index contributed by atoms with van der Waals surface area (Å²) in [5, 5.41) is 17.8. The second-order valence-electron chi connectivity index (χ2n) is 6.21. The molecule has 4 rings (SSSR count). The molecule has 0 aliphatic carbocycles. The Balaban J connectivity index is 1.65. The fourth-order valence-corrected chi connectivity index (χ4v) is 3.01. The van der Waals surface area contributed by atoms with Crippen molar-refractivity contribution in [1.82, 2.24) is 10.1 Å². The lowest BCUT2D eigenvalue weighted by molar-refractivity contribution is -0.384. The van der Waals surface area contributed by atoms with Gasteiger partial charge in [0.1, 0.15) is 0 Å². The average molecular weight is 421 g/mol. The number of anilines is 1. The van der Waals surface area contributed by atoms with Gasteiger partial charge >= 0.3 is 0 Å². The molecule has 4 aromatic rings. The molecule has 1 N–H and O–H groups in total. The maximum atomic E-state index is 12.7. The molecule has 9 heteroatoms. The van der Waals surface area contributed by atoms with Gasteiger partial charge < -0.3 is 9.84 Å². The highest BCUT2D eigenvalue weighted by molar-refractivity contribution is 6.34. The number of nitro groups is 1.